The summed E-state index contributed by atoms with van der Waals surface area (Å²) in [6, 6.07) is 0. The van der Waals surface area contributed by atoms with Crippen molar-refractivity contribution in [2.75, 3.05) is 0 Å². The number of hydrogen-bond donors (Lipinski definition) is 0. The molecule has 0 saturated heterocycles. The Hall–Kier alpha value is -0.855. The lowest BCUT2D eigenvalue weighted by Crippen LogP contribution is -2.28. The standard InChI is InChI=1S/C10H16BN2/c1-5-10(3,4)11-9-7-12-6-8(2)13-9/h6-7H,5H2,1-4H3. The molecule has 2 nitrogen and oxygen atoms in total. The minimum absolute atomic E-state index is 0.211. The SMILES string of the molecule is CCC(C)(C)[B]c1cncc(C)n1. The first-order valence-corrected chi connectivity index (χ1v) is 4.68. The largest absolute Gasteiger partial charge is 0.266 e. The van der Waals surface area contributed by atoms with E-state index >= 15 is 0 Å². The molecule has 1 radical (unpaired) electrons. The number of rotatable bonds is 3. The van der Waals surface area contributed by atoms with E-state index in [1.165, 1.54) is 0 Å². The van der Waals surface area contributed by atoms with Gasteiger partial charge in [-0.25, -0.2) is 0 Å². The summed E-state index contributed by atoms with van der Waals surface area (Å²) in [5.41, 5.74) is 1.95. The number of hydrogen-bond acceptors (Lipinski definition) is 2. The highest BCUT2D eigenvalue weighted by Crippen LogP contribution is 2.25. The van der Waals surface area contributed by atoms with Crippen molar-refractivity contribution in [3.8, 4) is 0 Å². The van der Waals surface area contributed by atoms with Crippen LogP contribution in [0, 0.1) is 6.92 Å². The van der Waals surface area contributed by atoms with Crippen LogP contribution in [0.2, 0.25) is 5.31 Å². The highest BCUT2D eigenvalue weighted by molar-refractivity contribution is 6.55. The molecule has 69 valence electrons. The van der Waals surface area contributed by atoms with Gasteiger partial charge in [-0.2, -0.15) is 0 Å². The Morgan fingerprint density at radius 2 is 2.08 bits per heavy atom. The van der Waals surface area contributed by atoms with Crippen LogP contribution < -0.4 is 5.59 Å². The Morgan fingerprint density at radius 1 is 1.38 bits per heavy atom. The monoisotopic (exact) mass is 175 g/mol. The lowest BCUT2D eigenvalue weighted by Gasteiger charge is -2.20. The second kappa shape index (κ2) is 3.90. The van der Waals surface area contributed by atoms with Gasteiger partial charge in [0.05, 0.1) is 5.69 Å². The van der Waals surface area contributed by atoms with Crippen LogP contribution in [0.3, 0.4) is 0 Å². The maximum Gasteiger partial charge on any atom is 0.186 e. The molecule has 1 aromatic rings. The molecule has 1 rings (SSSR count). The van der Waals surface area contributed by atoms with Gasteiger partial charge in [0.25, 0.3) is 0 Å². The lowest BCUT2D eigenvalue weighted by atomic mass is 9.51. The van der Waals surface area contributed by atoms with Gasteiger partial charge in [-0.3, -0.25) is 9.97 Å². The van der Waals surface area contributed by atoms with Crippen LogP contribution in [0.4, 0.5) is 0 Å². The van der Waals surface area contributed by atoms with E-state index in [-0.39, 0.29) is 5.31 Å². The average molecular weight is 175 g/mol. The molecule has 3 heteroatoms. The van der Waals surface area contributed by atoms with Crippen molar-refractivity contribution in [2.45, 2.75) is 39.4 Å². The molecular formula is C10H16BN2. The molecule has 0 amide bonds. The molecule has 1 heterocycles. The first kappa shape index (κ1) is 10.2. The van der Waals surface area contributed by atoms with Gasteiger partial charge in [0.15, 0.2) is 7.28 Å². The molecule has 13 heavy (non-hydrogen) atoms. The van der Waals surface area contributed by atoms with Crippen molar-refractivity contribution in [3.63, 3.8) is 0 Å². The molecule has 0 aliphatic heterocycles. The van der Waals surface area contributed by atoms with Crippen LogP contribution in [-0.2, 0) is 0 Å². The predicted octanol–water partition coefficient (Wildman–Crippen LogP) is 1.72. The summed E-state index contributed by atoms with van der Waals surface area (Å²) in [5, 5.41) is 0.211. The summed E-state index contributed by atoms with van der Waals surface area (Å²) in [4.78, 5) is 8.50. The average Bonchev–Trinajstić information content (AvgIpc) is 2.03. The summed E-state index contributed by atoms with van der Waals surface area (Å²) >= 11 is 0. The summed E-state index contributed by atoms with van der Waals surface area (Å²) in [7, 11) is 2.17. The molecule has 1 aromatic heterocycles. The van der Waals surface area contributed by atoms with E-state index in [2.05, 4.69) is 38.0 Å². The van der Waals surface area contributed by atoms with Crippen LogP contribution in [-0.4, -0.2) is 17.2 Å². The smallest absolute Gasteiger partial charge is 0.186 e. The van der Waals surface area contributed by atoms with E-state index < -0.39 is 0 Å². The summed E-state index contributed by atoms with van der Waals surface area (Å²) in [5.74, 6) is 0. The summed E-state index contributed by atoms with van der Waals surface area (Å²) in [6.45, 7) is 8.55. The van der Waals surface area contributed by atoms with E-state index in [1.807, 2.05) is 13.1 Å². The second-order valence-corrected chi connectivity index (χ2v) is 4.07. The number of aryl methyl sites for hydroxylation is 1. The van der Waals surface area contributed by atoms with Gasteiger partial charge in [0.1, 0.15) is 0 Å². The van der Waals surface area contributed by atoms with Gasteiger partial charge in [-0.05, 0) is 6.92 Å². The van der Waals surface area contributed by atoms with Crippen molar-refractivity contribution in [1.82, 2.24) is 9.97 Å². The van der Waals surface area contributed by atoms with Crippen molar-refractivity contribution in [1.29, 1.82) is 0 Å². The maximum atomic E-state index is 4.39. The third-order valence-corrected chi connectivity index (χ3v) is 2.22. The van der Waals surface area contributed by atoms with Crippen LogP contribution in [0.5, 0.6) is 0 Å². The summed E-state index contributed by atoms with van der Waals surface area (Å²) in [6.07, 6.45) is 4.70. The van der Waals surface area contributed by atoms with E-state index in [4.69, 9.17) is 0 Å². The van der Waals surface area contributed by atoms with Gasteiger partial charge in [-0.1, -0.05) is 32.5 Å². The minimum atomic E-state index is 0.211. The van der Waals surface area contributed by atoms with Crippen LogP contribution in [0.1, 0.15) is 32.9 Å². The maximum absolute atomic E-state index is 4.39. The molecule has 0 spiro atoms. The third-order valence-electron chi connectivity index (χ3n) is 2.22. The Morgan fingerprint density at radius 3 is 2.62 bits per heavy atom. The van der Waals surface area contributed by atoms with E-state index in [0.717, 1.165) is 17.7 Å². The van der Waals surface area contributed by atoms with Gasteiger partial charge >= 0.3 is 0 Å². The molecule has 0 bridgehead atoms. The zero-order valence-electron chi connectivity index (χ0n) is 8.83. The highest BCUT2D eigenvalue weighted by Gasteiger charge is 2.18. The second-order valence-electron chi connectivity index (χ2n) is 4.07. The van der Waals surface area contributed by atoms with Crippen LogP contribution in [0.15, 0.2) is 12.4 Å². The Bertz CT molecular complexity index is 284. The highest BCUT2D eigenvalue weighted by atomic mass is 14.8. The molecular weight excluding hydrogens is 159 g/mol. The minimum Gasteiger partial charge on any atom is -0.266 e. The van der Waals surface area contributed by atoms with Gasteiger partial charge in [-0.15, -0.1) is 0 Å². The normalized spacial score (nSPS) is 11.4. The van der Waals surface area contributed by atoms with Crippen molar-refractivity contribution in [2.24, 2.45) is 0 Å². The first-order chi connectivity index (χ1) is 6.03. The van der Waals surface area contributed by atoms with Gasteiger partial charge < -0.3 is 0 Å². The van der Waals surface area contributed by atoms with Crippen molar-refractivity contribution >= 4 is 12.9 Å². The summed E-state index contributed by atoms with van der Waals surface area (Å²) < 4.78 is 0. The van der Waals surface area contributed by atoms with Crippen LogP contribution >= 0.6 is 0 Å². The molecule has 0 saturated carbocycles. The Labute approximate surface area is 81.0 Å². The van der Waals surface area contributed by atoms with E-state index in [1.54, 1.807) is 6.20 Å². The fourth-order valence-corrected chi connectivity index (χ4v) is 1.05. The van der Waals surface area contributed by atoms with Gasteiger partial charge in [0, 0.05) is 18.0 Å². The van der Waals surface area contributed by atoms with Gasteiger partial charge in [0.2, 0.25) is 0 Å². The van der Waals surface area contributed by atoms with Crippen molar-refractivity contribution < 1.29 is 0 Å². The van der Waals surface area contributed by atoms with E-state index in [0.29, 0.717) is 0 Å². The number of aromatic nitrogens is 2. The Balaban J connectivity index is 2.74. The molecule has 0 aliphatic rings. The topological polar surface area (TPSA) is 25.8 Å². The molecule has 0 aliphatic carbocycles. The zero-order chi connectivity index (χ0) is 9.90. The van der Waals surface area contributed by atoms with Crippen molar-refractivity contribution in [3.05, 3.63) is 18.1 Å². The Kier molecular flexibility index (Phi) is 3.07. The van der Waals surface area contributed by atoms with E-state index in [9.17, 15) is 0 Å². The molecule has 0 unspecified atom stereocenters. The molecule has 0 atom stereocenters. The lowest BCUT2D eigenvalue weighted by molar-refractivity contribution is 0.647. The molecule has 0 N–H and O–H groups in total. The predicted molar refractivity (Wildman–Crippen MR) is 56.5 cm³/mol. The zero-order valence-corrected chi connectivity index (χ0v) is 8.83. The number of nitrogens with zero attached hydrogens (tertiary/aromatic N) is 2. The quantitative estimate of drug-likeness (QED) is 0.653. The molecule has 0 aromatic carbocycles. The molecule has 0 fully saturated rings. The first-order valence-electron chi connectivity index (χ1n) is 4.68. The van der Waals surface area contributed by atoms with Crippen LogP contribution in [0.25, 0.3) is 0 Å². The third kappa shape index (κ3) is 3.17. The fourth-order valence-electron chi connectivity index (χ4n) is 1.05. The fraction of sp³-hybridized carbons (Fsp3) is 0.600.